The molecule has 0 fully saturated rings. The summed E-state index contributed by atoms with van der Waals surface area (Å²) in [6.45, 7) is 2.85. The van der Waals surface area contributed by atoms with Crippen molar-refractivity contribution in [3.05, 3.63) is 14.9 Å². The number of halogens is 1. The summed E-state index contributed by atoms with van der Waals surface area (Å²) in [6.07, 6.45) is 3.65. The molecule has 1 aliphatic carbocycles. The van der Waals surface area contributed by atoms with Crippen LogP contribution in [0.2, 0.25) is 0 Å². The van der Waals surface area contributed by atoms with Gasteiger partial charge >= 0.3 is 90.6 Å². The number of rotatable bonds is 6. The van der Waals surface area contributed by atoms with Crippen molar-refractivity contribution in [2.24, 2.45) is 5.92 Å². The van der Waals surface area contributed by atoms with Crippen LogP contribution in [0, 0.1) is 11.1 Å². The van der Waals surface area contributed by atoms with Crippen LogP contribution in [0.15, 0.2) is 9.66 Å². The molecular weight excluding hydrogens is 293 g/mol. The quantitative estimate of drug-likeness (QED) is 0.328. The molecule has 14 heavy (non-hydrogen) atoms. The van der Waals surface area contributed by atoms with E-state index in [0.717, 1.165) is 10.3 Å². The van der Waals surface area contributed by atoms with E-state index in [-0.39, 0.29) is 5.23 Å². The number of allylic oxidation sites excluding steroid dienone is 2. The molecule has 0 radical (unpaired) electrons. The van der Waals surface area contributed by atoms with Crippen LogP contribution >= 0.6 is 0 Å². The number of alkyl halides is 3. The van der Waals surface area contributed by atoms with Gasteiger partial charge in [0.2, 0.25) is 0 Å². The first-order valence-electron chi connectivity index (χ1n) is 4.94. The Labute approximate surface area is 90.5 Å². The molecule has 0 aromatic heterocycles. The molecule has 1 aliphatic rings. The van der Waals surface area contributed by atoms with Crippen LogP contribution in [0.4, 0.5) is 0 Å². The van der Waals surface area contributed by atoms with E-state index in [2.05, 4.69) is 22.9 Å². The van der Waals surface area contributed by atoms with Crippen LogP contribution in [0.5, 0.6) is 0 Å². The zero-order valence-electron chi connectivity index (χ0n) is 9.47. The normalized spacial score (nSPS) is 24.4. The van der Waals surface area contributed by atoms with E-state index < -0.39 is 18.4 Å². The van der Waals surface area contributed by atoms with Gasteiger partial charge in [0, 0.05) is 0 Å². The third-order valence-corrected chi connectivity index (χ3v) is 10.2. The van der Waals surface area contributed by atoms with Crippen molar-refractivity contribution in [1.29, 1.82) is 0 Å². The first-order valence-corrected chi connectivity index (χ1v) is 11.9. The van der Waals surface area contributed by atoms with Crippen LogP contribution in [0.25, 0.3) is 0 Å². The van der Waals surface area contributed by atoms with Crippen molar-refractivity contribution in [1.82, 2.24) is 0 Å². The van der Waals surface area contributed by atoms with Gasteiger partial charge in [-0.15, -0.1) is 0 Å². The molecule has 3 nitrogen and oxygen atoms in total. The van der Waals surface area contributed by atoms with Crippen LogP contribution < -0.4 is 23.7 Å². The summed E-state index contributed by atoms with van der Waals surface area (Å²) < 4.78 is 2.82. The van der Waals surface area contributed by atoms with Crippen LogP contribution in [-0.2, 0) is 4.84 Å². The Morgan fingerprint density at radius 3 is 2.64 bits per heavy atom. The van der Waals surface area contributed by atoms with Crippen LogP contribution in [-0.4, -0.2) is 27.9 Å². The van der Waals surface area contributed by atoms with Gasteiger partial charge in [0.05, 0.1) is 0 Å². The minimum atomic E-state index is -1.66. The predicted molar refractivity (Wildman–Crippen MR) is 54.8 cm³/mol. The van der Waals surface area contributed by atoms with E-state index in [1.54, 1.807) is 3.58 Å². The summed E-state index contributed by atoms with van der Waals surface area (Å²) in [4.78, 5) is 9.80. The van der Waals surface area contributed by atoms with Gasteiger partial charge in [0.25, 0.3) is 0 Å². The summed E-state index contributed by atoms with van der Waals surface area (Å²) in [6, 6.07) is 0. The Bertz CT molecular complexity index is 226. The van der Waals surface area contributed by atoms with Crippen molar-refractivity contribution >= 4 is 0 Å². The molecule has 0 amide bonds. The second-order valence-electron chi connectivity index (χ2n) is 4.02. The molecule has 4 heteroatoms. The third-order valence-electron chi connectivity index (χ3n) is 2.49. The number of quaternary nitrogens is 1. The topological polar surface area (TPSA) is 36.7 Å². The Kier molecular flexibility index (Phi) is 4.36. The van der Waals surface area contributed by atoms with Gasteiger partial charge in [0.15, 0.2) is 0 Å². The third kappa shape index (κ3) is 3.49. The van der Waals surface area contributed by atoms with Crippen molar-refractivity contribution in [3.8, 4) is 0 Å². The average molecular weight is 314 g/mol. The molecule has 1 rings (SSSR count). The molecule has 0 bridgehead atoms. The van der Waals surface area contributed by atoms with Gasteiger partial charge in [-0.1, -0.05) is 0 Å². The zero-order valence-corrected chi connectivity index (χ0v) is 11.6. The Balaban J connectivity index is 2.25. The fourth-order valence-corrected chi connectivity index (χ4v) is 7.45. The fourth-order valence-electron chi connectivity index (χ4n) is 1.49. The SMILES string of the molecule is CCC1C=C1[I-](C)(C)CCO[NH+](C)[O-]. The van der Waals surface area contributed by atoms with E-state index in [1.807, 2.05) is 0 Å². The summed E-state index contributed by atoms with van der Waals surface area (Å²) in [5.74, 6) is 0.790. The van der Waals surface area contributed by atoms with E-state index in [9.17, 15) is 5.21 Å². The van der Waals surface area contributed by atoms with Crippen molar-refractivity contribution in [2.75, 3.05) is 27.9 Å². The van der Waals surface area contributed by atoms with Gasteiger partial charge in [-0.3, -0.25) is 0 Å². The molecule has 0 saturated heterocycles. The Morgan fingerprint density at radius 1 is 1.57 bits per heavy atom. The molecule has 0 aliphatic heterocycles. The fraction of sp³-hybridized carbons (Fsp3) is 0.800. The molecule has 2 atom stereocenters. The van der Waals surface area contributed by atoms with Crippen molar-refractivity contribution in [3.63, 3.8) is 0 Å². The molecule has 0 aromatic rings. The number of hydroxylamine groups is 2. The summed E-state index contributed by atoms with van der Waals surface area (Å²) >= 11 is -1.66. The predicted octanol–water partition coefficient (Wildman–Crippen LogP) is -2.73. The molecule has 1 N–H and O–H groups in total. The number of hydrogen-bond acceptors (Lipinski definition) is 2. The van der Waals surface area contributed by atoms with E-state index in [1.165, 1.54) is 13.5 Å². The molecule has 0 heterocycles. The van der Waals surface area contributed by atoms with E-state index >= 15 is 0 Å². The van der Waals surface area contributed by atoms with Crippen LogP contribution in [0.1, 0.15) is 13.3 Å². The van der Waals surface area contributed by atoms with Crippen molar-refractivity contribution < 1.29 is 28.5 Å². The van der Waals surface area contributed by atoms with Gasteiger partial charge in [-0.2, -0.15) is 0 Å². The molecule has 0 spiro atoms. The Morgan fingerprint density at radius 2 is 2.21 bits per heavy atom. The second kappa shape index (κ2) is 4.92. The Hall–Kier alpha value is 0.350. The number of nitrogens with one attached hydrogen (secondary N) is 1. The van der Waals surface area contributed by atoms with Gasteiger partial charge in [0.1, 0.15) is 0 Å². The average Bonchev–Trinajstić information content (AvgIpc) is 2.81. The van der Waals surface area contributed by atoms with E-state index in [4.69, 9.17) is 4.84 Å². The standard InChI is InChI=1S/C10H21INO2/c1-5-9-8-10(9)11(2,3)6-7-14-12(4)13/h8-9,12H,5-7H2,1-4H3/q-1. The minimum absolute atomic E-state index is 0.154. The monoisotopic (exact) mass is 314 g/mol. The molecular formula is C10H21INO2-. The van der Waals surface area contributed by atoms with E-state index in [0.29, 0.717) is 6.61 Å². The van der Waals surface area contributed by atoms with Gasteiger partial charge in [-0.25, -0.2) is 0 Å². The second-order valence-corrected chi connectivity index (χ2v) is 14.5. The maximum absolute atomic E-state index is 10.6. The number of hydrogen-bond donors (Lipinski definition) is 1. The molecule has 0 aromatic carbocycles. The summed E-state index contributed by atoms with van der Waals surface area (Å²) in [5, 5.41) is 10.5. The van der Waals surface area contributed by atoms with Gasteiger partial charge < -0.3 is 0 Å². The zero-order chi connectivity index (χ0) is 10.8. The molecule has 0 saturated carbocycles. The summed E-state index contributed by atoms with van der Waals surface area (Å²) in [5.41, 5.74) is 0. The molecule has 2 unspecified atom stereocenters. The van der Waals surface area contributed by atoms with Crippen LogP contribution in [0.3, 0.4) is 0 Å². The van der Waals surface area contributed by atoms with Crippen molar-refractivity contribution in [2.45, 2.75) is 13.3 Å². The first-order chi connectivity index (χ1) is 6.47. The molecule has 86 valence electrons. The maximum atomic E-state index is 10.6. The summed E-state index contributed by atoms with van der Waals surface area (Å²) in [7, 11) is 1.48. The van der Waals surface area contributed by atoms with Gasteiger partial charge in [-0.05, 0) is 0 Å². The first kappa shape index (κ1) is 12.4.